The van der Waals surface area contributed by atoms with E-state index in [9.17, 15) is 4.79 Å². The molecule has 0 saturated heterocycles. The molecule has 0 radical (unpaired) electrons. The molecule has 0 aliphatic carbocycles. The fraction of sp³-hybridized carbons (Fsp3) is 0.600. The fourth-order valence-electron chi connectivity index (χ4n) is 3.96. The van der Waals surface area contributed by atoms with Crippen LogP contribution < -0.4 is 5.56 Å². The van der Waals surface area contributed by atoms with Gasteiger partial charge in [-0.1, -0.05) is 6.92 Å². The van der Waals surface area contributed by atoms with Crippen molar-refractivity contribution in [3.63, 3.8) is 0 Å². The van der Waals surface area contributed by atoms with Crippen LogP contribution in [0.4, 0.5) is 0 Å². The minimum atomic E-state index is -0.00799. The maximum Gasteiger partial charge on any atom is 0.255 e. The van der Waals surface area contributed by atoms with Gasteiger partial charge in [-0.15, -0.1) is 0 Å². The zero-order valence-electron chi connectivity index (χ0n) is 16.3. The molecule has 0 saturated carbocycles. The van der Waals surface area contributed by atoms with E-state index in [1.54, 1.807) is 0 Å². The molecule has 0 fully saturated rings. The third-order valence-corrected chi connectivity index (χ3v) is 5.58. The van der Waals surface area contributed by atoms with Crippen LogP contribution in [-0.2, 0) is 26.1 Å². The van der Waals surface area contributed by atoms with Crippen LogP contribution in [0.15, 0.2) is 16.0 Å². The topological polar surface area (TPSA) is 79.2 Å². The number of aliphatic imine (C=N–C) groups is 1. The summed E-state index contributed by atoms with van der Waals surface area (Å²) in [5.74, 6) is 0.684. The Balaban J connectivity index is 1.52. The van der Waals surface area contributed by atoms with Gasteiger partial charge in [0.15, 0.2) is 5.82 Å². The van der Waals surface area contributed by atoms with Gasteiger partial charge < -0.3 is 4.98 Å². The average Bonchev–Trinajstić information content (AvgIpc) is 3.03. The highest BCUT2D eigenvalue weighted by Crippen LogP contribution is 2.19. The van der Waals surface area contributed by atoms with Crippen LogP contribution in [0.3, 0.4) is 0 Å². The highest BCUT2D eigenvalue weighted by Gasteiger charge is 2.23. The van der Waals surface area contributed by atoms with Gasteiger partial charge in [-0.2, -0.15) is 5.10 Å². The van der Waals surface area contributed by atoms with Gasteiger partial charge in [0.2, 0.25) is 0 Å². The molecular weight excluding hydrogens is 340 g/mol. The standard InChI is InChI=1S/C20H28N6O/c1-3-9-26-14(2)15(11-22-26)12-25-10-7-17-16(13-25)20(27)24-19(23-17)18-6-4-5-8-21-18/h11H,3-10,12-13H2,1-2H3,(H,23,24,27). The van der Waals surface area contributed by atoms with Crippen molar-refractivity contribution in [2.75, 3.05) is 13.1 Å². The van der Waals surface area contributed by atoms with Crippen molar-refractivity contribution in [1.82, 2.24) is 24.6 Å². The Morgan fingerprint density at radius 1 is 1.26 bits per heavy atom. The number of hydrogen-bond acceptors (Lipinski definition) is 5. The summed E-state index contributed by atoms with van der Waals surface area (Å²) >= 11 is 0. The Bertz CT molecular complexity index is 910. The predicted octanol–water partition coefficient (Wildman–Crippen LogP) is 2.22. The molecule has 7 heteroatoms. The van der Waals surface area contributed by atoms with Crippen LogP contribution in [0.5, 0.6) is 0 Å². The number of fused-ring (bicyclic) bond motifs is 1. The Kier molecular flexibility index (Phi) is 5.20. The smallest absolute Gasteiger partial charge is 0.255 e. The summed E-state index contributed by atoms with van der Waals surface area (Å²) in [7, 11) is 0. The van der Waals surface area contributed by atoms with Crippen LogP contribution in [0, 0.1) is 6.92 Å². The van der Waals surface area contributed by atoms with E-state index in [1.165, 1.54) is 11.3 Å². The monoisotopic (exact) mass is 368 g/mol. The van der Waals surface area contributed by atoms with E-state index in [4.69, 9.17) is 4.98 Å². The first-order valence-corrected chi connectivity index (χ1v) is 10.0. The molecule has 0 unspecified atom stereocenters. The Labute approximate surface area is 159 Å². The molecule has 2 aliphatic rings. The fourth-order valence-corrected chi connectivity index (χ4v) is 3.96. The number of hydrogen-bond donors (Lipinski definition) is 1. The summed E-state index contributed by atoms with van der Waals surface area (Å²) in [6.07, 6.45) is 7.01. The van der Waals surface area contributed by atoms with Gasteiger partial charge in [0, 0.05) is 50.4 Å². The molecule has 2 aliphatic heterocycles. The van der Waals surface area contributed by atoms with Crippen molar-refractivity contribution in [1.29, 1.82) is 0 Å². The van der Waals surface area contributed by atoms with E-state index in [1.807, 2.05) is 6.20 Å². The molecule has 4 heterocycles. The van der Waals surface area contributed by atoms with Crippen molar-refractivity contribution in [2.45, 2.75) is 65.6 Å². The second-order valence-electron chi connectivity index (χ2n) is 7.56. The zero-order chi connectivity index (χ0) is 18.8. The van der Waals surface area contributed by atoms with E-state index in [0.29, 0.717) is 12.4 Å². The Hall–Kier alpha value is -2.28. The van der Waals surface area contributed by atoms with Gasteiger partial charge in [0.25, 0.3) is 5.56 Å². The quantitative estimate of drug-likeness (QED) is 0.878. The minimum absolute atomic E-state index is 0.00799. The Morgan fingerprint density at radius 3 is 2.93 bits per heavy atom. The highest BCUT2D eigenvalue weighted by atomic mass is 16.1. The number of aromatic nitrogens is 4. The number of nitrogens with one attached hydrogen (secondary N) is 1. The van der Waals surface area contributed by atoms with Crippen molar-refractivity contribution >= 4 is 5.71 Å². The van der Waals surface area contributed by atoms with Crippen molar-refractivity contribution < 1.29 is 0 Å². The molecular formula is C20H28N6O. The molecule has 0 atom stereocenters. The summed E-state index contributed by atoms with van der Waals surface area (Å²) in [4.78, 5) is 27.3. The molecule has 2 aromatic rings. The minimum Gasteiger partial charge on any atom is -0.305 e. The third-order valence-electron chi connectivity index (χ3n) is 5.58. The number of rotatable bonds is 5. The molecule has 0 bridgehead atoms. The first-order chi connectivity index (χ1) is 13.2. The maximum atomic E-state index is 12.7. The lowest BCUT2D eigenvalue weighted by Crippen LogP contribution is -2.36. The van der Waals surface area contributed by atoms with E-state index >= 15 is 0 Å². The van der Waals surface area contributed by atoms with E-state index in [-0.39, 0.29) is 5.56 Å². The average molecular weight is 368 g/mol. The molecule has 27 heavy (non-hydrogen) atoms. The van der Waals surface area contributed by atoms with E-state index in [0.717, 1.165) is 75.3 Å². The predicted molar refractivity (Wildman–Crippen MR) is 105 cm³/mol. The largest absolute Gasteiger partial charge is 0.305 e. The molecule has 0 aromatic carbocycles. The SMILES string of the molecule is CCCn1ncc(CN2CCc3nc(C4=NCCCC4)[nH]c(=O)c3C2)c1C. The molecule has 1 N–H and O–H groups in total. The van der Waals surface area contributed by atoms with Crippen LogP contribution in [-0.4, -0.2) is 43.4 Å². The lowest BCUT2D eigenvalue weighted by atomic mass is 10.0. The van der Waals surface area contributed by atoms with Crippen LogP contribution >= 0.6 is 0 Å². The molecule has 0 spiro atoms. The Morgan fingerprint density at radius 2 is 2.15 bits per heavy atom. The molecule has 0 amide bonds. The van der Waals surface area contributed by atoms with Gasteiger partial charge in [-0.3, -0.25) is 19.4 Å². The summed E-state index contributed by atoms with van der Waals surface area (Å²) in [5, 5.41) is 4.49. The van der Waals surface area contributed by atoms with Crippen molar-refractivity contribution in [3.8, 4) is 0 Å². The van der Waals surface area contributed by atoms with Gasteiger partial charge >= 0.3 is 0 Å². The molecule has 7 nitrogen and oxygen atoms in total. The van der Waals surface area contributed by atoms with Crippen LogP contribution in [0.2, 0.25) is 0 Å². The van der Waals surface area contributed by atoms with E-state index < -0.39 is 0 Å². The number of H-pyrrole nitrogens is 1. The number of aryl methyl sites for hydroxylation is 1. The van der Waals surface area contributed by atoms with Crippen LogP contribution in [0.25, 0.3) is 0 Å². The summed E-state index contributed by atoms with van der Waals surface area (Å²) in [6, 6.07) is 0. The second-order valence-corrected chi connectivity index (χ2v) is 7.56. The number of nitrogens with zero attached hydrogens (tertiary/aromatic N) is 5. The van der Waals surface area contributed by atoms with Gasteiger partial charge in [0.1, 0.15) is 0 Å². The summed E-state index contributed by atoms with van der Waals surface area (Å²) in [6.45, 7) is 8.45. The van der Waals surface area contributed by atoms with Gasteiger partial charge in [0.05, 0.1) is 23.2 Å². The number of aromatic amines is 1. The normalized spacial score (nSPS) is 17.6. The second kappa shape index (κ2) is 7.76. The lowest BCUT2D eigenvalue weighted by Gasteiger charge is -2.27. The van der Waals surface area contributed by atoms with E-state index in [2.05, 4.69) is 38.5 Å². The molecule has 144 valence electrons. The lowest BCUT2D eigenvalue weighted by molar-refractivity contribution is 0.241. The highest BCUT2D eigenvalue weighted by molar-refractivity contribution is 5.97. The third kappa shape index (κ3) is 3.74. The zero-order valence-corrected chi connectivity index (χ0v) is 16.3. The summed E-state index contributed by atoms with van der Waals surface area (Å²) in [5.41, 5.74) is 5.16. The maximum absolute atomic E-state index is 12.7. The van der Waals surface area contributed by atoms with Crippen molar-refractivity contribution in [2.24, 2.45) is 4.99 Å². The first kappa shape index (κ1) is 18.1. The first-order valence-electron chi connectivity index (χ1n) is 10.0. The van der Waals surface area contributed by atoms with Gasteiger partial charge in [-0.05, 0) is 32.6 Å². The van der Waals surface area contributed by atoms with Crippen LogP contribution in [0.1, 0.15) is 60.9 Å². The van der Waals surface area contributed by atoms with Gasteiger partial charge in [-0.25, -0.2) is 4.98 Å². The molecule has 4 rings (SSSR count). The molecule has 2 aromatic heterocycles. The van der Waals surface area contributed by atoms with Crippen molar-refractivity contribution in [3.05, 3.63) is 44.9 Å². The summed E-state index contributed by atoms with van der Waals surface area (Å²) < 4.78 is 2.07.